The highest BCUT2D eigenvalue weighted by Gasteiger charge is 2.55. The third-order valence-electron chi connectivity index (χ3n) is 6.12. The zero-order valence-corrected chi connectivity index (χ0v) is 16.8. The van der Waals surface area contributed by atoms with E-state index in [-0.39, 0.29) is 22.8 Å². The van der Waals surface area contributed by atoms with Crippen molar-refractivity contribution in [3.05, 3.63) is 47.7 Å². The number of amides is 1. The topological polar surface area (TPSA) is 90.6 Å². The number of carbonyl (C=O) groups excluding carboxylic acids is 1. The largest absolute Gasteiger partial charge is 0.478 e. The molecule has 1 saturated heterocycles. The van der Waals surface area contributed by atoms with Crippen LogP contribution in [0.2, 0.25) is 0 Å². The van der Waals surface area contributed by atoms with E-state index in [1.165, 1.54) is 25.3 Å². The first kappa shape index (κ1) is 19.8. The minimum absolute atomic E-state index is 0.121. The highest BCUT2D eigenvalue weighted by atomic mass is 19.3. The number of aromatic nitrogens is 4. The number of carbonyl (C=O) groups is 1. The summed E-state index contributed by atoms with van der Waals surface area (Å²) in [6.45, 7) is 1.57. The van der Waals surface area contributed by atoms with Gasteiger partial charge in [-0.1, -0.05) is 6.07 Å². The number of hydrogen-bond donors (Lipinski definition) is 1. The Morgan fingerprint density at radius 3 is 2.81 bits per heavy atom. The molecule has 1 atom stereocenters. The van der Waals surface area contributed by atoms with Crippen LogP contribution in [0.1, 0.15) is 53.5 Å². The molecule has 0 aromatic carbocycles. The molecule has 162 valence electrons. The Hall–Kier alpha value is -3.14. The van der Waals surface area contributed by atoms with Crippen LogP contribution in [-0.4, -0.2) is 45.6 Å². The Morgan fingerprint density at radius 2 is 2.06 bits per heavy atom. The van der Waals surface area contributed by atoms with E-state index in [2.05, 4.69) is 15.3 Å². The van der Waals surface area contributed by atoms with E-state index < -0.39 is 18.0 Å². The second-order valence-corrected chi connectivity index (χ2v) is 7.97. The Morgan fingerprint density at radius 1 is 1.26 bits per heavy atom. The van der Waals surface area contributed by atoms with Crippen molar-refractivity contribution in [2.45, 2.75) is 31.6 Å². The predicted octanol–water partition coefficient (Wildman–Crippen LogP) is 3.61. The molecular weight excluding hydrogens is 408 g/mol. The molecule has 4 heterocycles. The van der Waals surface area contributed by atoms with E-state index in [9.17, 15) is 13.6 Å². The standard InChI is InChI=1S/C21H21F2N5O3/c1-30-20-18-25-15(12-9-21(12)5-7-31-8-6-21)10-28(18)11-16(27-20)26-19(29)14-4-2-3-13(24-14)17(22)23/h2-4,10-12,17H,5-9H2,1H3,(H,26,29). The highest BCUT2D eigenvalue weighted by molar-refractivity contribution is 6.02. The lowest BCUT2D eigenvalue weighted by Crippen LogP contribution is -2.18. The Labute approximate surface area is 176 Å². The van der Waals surface area contributed by atoms with Gasteiger partial charge in [0.25, 0.3) is 18.2 Å². The number of nitrogens with one attached hydrogen (secondary N) is 1. The van der Waals surface area contributed by atoms with Gasteiger partial charge >= 0.3 is 0 Å². The molecule has 3 aromatic rings. The quantitative estimate of drug-likeness (QED) is 0.666. The number of nitrogens with zero attached hydrogens (tertiary/aromatic N) is 4. The van der Waals surface area contributed by atoms with Crippen LogP contribution in [-0.2, 0) is 4.74 Å². The highest BCUT2D eigenvalue weighted by Crippen LogP contribution is 2.64. The second-order valence-electron chi connectivity index (χ2n) is 7.97. The van der Waals surface area contributed by atoms with Crippen molar-refractivity contribution in [2.24, 2.45) is 5.41 Å². The fraction of sp³-hybridized carbons (Fsp3) is 0.429. The maximum atomic E-state index is 12.9. The van der Waals surface area contributed by atoms with Crippen LogP contribution in [0.5, 0.6) is 5.88 Å². The zero-order chi connectivity index (χ0) is 21.6. The van der Waals surface area contributed by atoms with Gasteiger partial charge in [-0.3, -0.25) is 9.20 Å². The SMILES string of the molecule is COc1nc(NC(=O)c2cccc(C(F)F)n2)cn2cc(C3CC34CCOCC4)nc12. The third-order valence-corrected chi connectivity index (χ3v) is 6.12. The number of fused-ring (bicyclic) bond motifs is 1. The fourth-order valence-corrected chi connectivity index (χ4v) is 4.33. The van der Waals surface area contributed by atoms with Gasteiger partial charge in [-0.2, -0.15) is 4.98 Å². The lowest BCUT2D eigenvalue weighted by molar-refractivity contribution is 0.0556. The number of pyridine rings is 1. The summed E-state index contributed by atoms with van der Waals surface area (Å²) < 4.78 is 38.4. The molecule has 1 unspecified atom stereocenters. The van der Waals surface area contributed by atoms with Crippen LogP contribution in [0.3, 0.4) is 0 Å². The summed E-state index contributed by atoms with van der Waals surface area (Å²) in [5.41, 5.74) is 1.22. The average molecular weight is 429 g/mol. The predicted molar refractivity (Wildman–Crippen MR) is 107 cm³/mol. The van der Waals surface area contributed by atoms with Gasteiger partial charge < -0.3 is 14.8 Å². The molecule has 10 heteroatoms. The van der Waals surface area contributed by atoms with Crippen molar-refractivity contribution in [1.82, 2.24) is 19.4 Å². The van der Waals surface area contributed by atoms with Crippen molar-refractivity contribution < 1.29 is 23.0 Å². The molecule has 5 rings (SSSR count). The maximum absolute atomic E-state index is 12.9. The molecule has 1 amide bonds. The summed E-state index contributed by atoms with van der Waals surface area (Å²) in [6.07, 6.45) is 3.96. The van der Waals surface area contributed by atoms with Crippen LogP contribution < -0.4 is 10.1 Å². The summed E-state index contributed by atoms with van der Waals surface area (Å²) in [5.74, 6) is 0.208. The monoisotopic (exact) mass is 429 g/mol. The summed E-state index contributed by atoms with van der Waals surface area (Å²) in [4.78, 5) is 25.3. The van der Waals surface area contributed by atoms with Gasteiger partial charge in [0.05, 0.1) is 19.0 Å². The Kier molecular flexibility index (Phi) is 4.81. The lowest BCUT2D eigenvalue weighted by atomic mass is 9.93. The van der Waals surface area contributed by atoms with Crippen molar-refractivity contribution in [3.63, 3.8) is 0 Å². The number of halogens is 2. The van der Waals surface area contributed by atoms with Gasteiger partial charge in [0, 0.05) is 25.3 Å². The second kappa shape index (κ2) is 7.52. The summed E-state index contributed by atoms with van der Waals surface area (Å²) in [5, 5.41) is 2.60. The van der Waals surface area contributed by atoms with Crippen LogP contribution in [0.15, 0.2) is 30.6 Å². The number of hydrogen-bond acceptors (Lipinski definition) is 6. The summed E-state index contributed by atoms with van der Waals surface area (Å²) in [7, 11) is 1.48. The molecule has 1 spiro atoms. The van der Waals surface area contributed by atoms with Crippen molar-refractivity contribution >= 4 is 17.4 Å². The van der Waals surface area contributed by atoms with E-state index in [1.807, 2.05) is 6.20 Å². The maximum Gasteiger partial charge on any atom is 0.280 e. The first-order valence-electron chi connectivity index (χ1n) is 10.1. The number of alkyl halides is 2. The number of methoxy groups -OCH3 is 1. The lowest BCUT2D eigenvalue weighted by Gasteiger charge is -2.22. The van der Waals surface area contributed by atoms with E-state index >= 15 is 0 Å². The van der Waals surface area contributed by atoms with E-state index in [4.69, 9.17) is 14.5 Å². The average Bonchev–Trinajstić information content (AvgIpc) is 3.28. The van der Waals surface area contributed by atoms with Crippen LogP contribution in [0, 0.1) is 5.41 Å². The molecular formula is C21H21F2N5O3. The summed E-state index contributed by atoms with van der Waals surface area (Å²) in [6, 6.07) is 3.90. The van der Waals surface area contributed by atoms with Gasteiger partial charge in [0.2, 0.25) is 5.65 Å². The van der Waals surface area contributed by atoms with E-state index in [0.29, 0.717) is 11.6 Å². The van der Waals surface area contributed by atoms with Crippen molar-refractivity contribution in [1.29, 1.82) is 0 Å². The Bertz CT molecular complexity index is 1140. The number of ether oxygens (including phenoxy) is 2. The molecule has 1 aliphatic heterocycles. The molecule has 0 bridgehead atoms. The molecule has 2 aliphatic rings. The fourth-order valence-electron chi connectivity index (χ4n) is 4.33. The Balaban J connectivity index is 1.41. The van der Waals surface area contributed by atoms with Gasteiger partial charge in [0.15, 0.2) is 5.82 Å². The van der Waals surface area contributed by atoms with Crippen LogP contribution in [0.4, 0.5) is 14.6 Å². The van der Waals surface area contributed by atoms with E-state index in [0.717, 1.165) is 38.2 Å². The molecule has 1 aliphatic carbocycles. The summed E-state index contributed by atoms with van der Waals surface area (Å²) >= 11 is 0. The molecule has 3 aromatic heterocycles. The number of rotatable bonds is 5. The molecule has 0 radical (unpaired) electrons. The third kappa shape index (κ3) is 3.60. The van der Waals surface area contributed by atoms with E-state index in [1.54, 1.807) is 10.6 Å². The van der Waals surface area contributed by atoms with Gasteiger partial charge in [0.1, 0.15) is 11.4 Å². The van der Waals surface area contributed by atoms with Crippen LogP contribution in [0.25, 0.3) is 5.65 Å². The van der Waals surface area contributed by atoms with Gasteiger partial charge in [-0.05, 0) is 36.8 Å². The van der Waals surface area contributed by atoms with Crippen molar-refractivity contribution in [3.8, 4) is 5.88 Å². The smallest absolute Gasteiger partial charge is 0.280 e. The molecule has 1 N–H and O–H groups in total. The van der Waals surface area contributed by atoms with Gasteiger partial charge in [-0.25, -0.2) is 18.7 Å². The minimum Gasteiger partial charge on any atom is -0.478 e. The first-order chi connectivity index (χ1) is 15.0. The number of anilines is 1. The normalized spacial score (nSPS) is 19.7. The molecule has 31 heavy (non-hydrogen) atoms. The van der Waals surface area contributed by atoms with Crippen molar-refractivity contribution in [2.75, 3.05) is 25.6 Å². The van der Waals surface area contributed by atoms with Crippen LogP contribution >= 0.6 is 0 Å². The molecule has 8 nitrogen and oxygen atoms in total. The molecule has 2 fully saturated rings. The molecule has 1 saturated carbocycles. The minimum atomic E-state index is -2.76. The first-order valence-corrected chi connectivity index (χ1v) is 10.1. The zero-order valence-electron chi connectivity index (χ0n) is 16.8. The number of imidazole rings is 1. The van der Waals surface area contributed by atoms with Gasteiger partial charge in [-0.15, -0.1) is 0 Å².